The van der Waals surface area contributed by atoms with Crippen molar-refractivity contribution in [3.8, 4) is 0 Å². The van der Waals surface area contributed by atoms with Gasteiger partial charge in [0.25, 0.3) is 0 Å². The predicted octanol–water partition coefficient (Wildman–Crippen LogP) is 3.77. The zero-order valence-electron chi connectivity index (χ0n) is 15.8. The molecule has 0 spiro atoms. The van der Waals surface area contributed by atoms with Crippen molar-refractivity contribution in [1.29, 1.82) is 0 Å². The number of anilines is 1. The Balaban J connectivity index is 1.85. The van der Waals surface area contributed by atoms with Crippen LogP contribution < -0.4 is 10.6 Å². The van der Waals surface area contributed by atoms with Crippen molar-refractivity contribution >= 4 is 17.5 Å². The summed E-state index contributed by atoms with van der Waals surface area (Å²) in [5.74, 6) is 1.31. The Morgan fingerprint density at radius 1 is 1.16 bits per heavy atom. The van der Waals surface area contributed by atoms with Gasteiger partial charge in [-0.1, -0.05) is 20.8 Å². The number of Topliss-reactive ketones (excluding diaryl/α,β-unsaturated/α-hetero) is 1. The Kier molecular flexibility index (Phi) is 7.00. The van der Waals surface area contributed by atoms with E-state index in [4.69, 9.17) is 0 Å². The molecule has 0 bridgehead atoms. The second-order valence-corrected chi connectivity index (χ2v) is 7.50. The largest absolute Gasteiger partial charge is 0.336 e. The number of hydrogen-bond acceptors (Lipinski definition) is 3. The van der Waals surface area contributed by atoms with Gasteiger partial charge in [-0.15, -0.1) is 0 Å². The van der Waals surface area contributed by atoms with Gasteiger partial charge in [0.05, 0.1) is 0 Å². The summed E-state index contributed by atoms with van der Waals surface area (Å²) in [5.41, 5.74) is 1.33. The second-order valence-electron chi connectivity index (χ2n) is 7.50. The third-order valence-corrected chi connectivity index (χ3v) is 5.08. The molecule has 1 saturated heterocycles. The number of hydrogen-bond donors (Lipinski definition) is 2. The predicted molar refractivity (Wildman–Crippen MR) is 102 cm³/mol. The first-order valence-electron chi connectivity index (χ1n) is 9.26. The molecule has 2 N–H and O–H groups in total. The molecule has 0 radical (unpaired) electrons. The quantitative estimate of drug-likeness (QED) is 0.772. The molecule has 25 heavy (non-hydrogen) atoms. The minimum atomic E-state index is -0.202. The van der Waals surface area contributed by atoms with Gasteiger partial charge in [-0.3, -0.25) is 9.69 Å². The maximum atomic E-state index is 12.2. The van der Waals surface area contributed by atoms with E-state index in [1.165, 1.54) is 19.8 Å². The molecule has 0 saturated carbocycles. The normalized spacial score (nSPS) is 17.3. The number of benzene rings is 1. The molecule has 1 aliphatic rings. The number of nitrogens with zero attached hydrogens (tertiary/aromatic N) is 1. The summed E-state index contributed by atoms with van der Waals surface area (Å²) in [7, 11) is 0. The molecule has 1 aromatic rings. The van der Waals surface area contributed by atoms with Gasteiger partial charge < -0.3 is 10.6 Å². The van der Waals surface area contributed by atoms with Crippen LogP contribution in [0.5, 0.6) is 0 Å². The maximum Gasteiger partial charge on any atom is 0.319 e. The SMILES string of the molecule is CC(=O)c1ccc(NC(=O)NC[C@@H](C(C)C)N2CCC(C)CC2)cc1. The standard InChI is InChI=1S/C20H31N3O2/c1-14(2)19(23-11-9-15(3)10-12-23)13-21-20(25)22-18-7-5-17(6-8-18)16(4)24/h5-8,14-15,19H,9-13H2,1-4H3,(H2,21,22,25)/t19-/m0/s1. The van der Waals surface area contributed by atoms with Gasteiger partial charge in [0.2, 0.25) is 0 Å². The number of carbonyl (C=O) groups is 2. The number of carbonyl (C=O) groups excluding carboxylic acids is 2. The lowest BCUT2D eigenvalue weighted by Crippen LogP contribution is -2.50. The second kappa shape index (κ2) is 8.99. The Bertz CT molecular complexity index is 575. The highest BCUT2D eigenvalue weighted by Gasteiger charge is 2.25. The number of rotatable bonds is 6. The van der Waals surface area contributed by atoms with Crippen LogP contribution in [0.3, 0.4) is 0 Å². The average Bonchev–Trinajstić information content (AvgIpc) is 2.57. The number of amides is 2. The molecule has 0 unspecified atom stereocenters. The number of nitrogens with one attached hydrogen (secondary N) is 2. The highest BCUT2D eigenvalue weighted by Crippen LogP contribution is 2.21. The van der Waals surface area contributed by atoms with Crippen LogP contribution >= 0.6 is 0 Å². The average molecular weight is 345 g/mol. The van der Waals surface area contributed by atoms with E-state index in [2.05, 4.69) is 36.3 Å². The van der Waals surface area contributed by atoms with Crippen molar-refractivity contribution < 1.29 is 9.59 Å². The highest BCUT2D eigenvalue weighted by atomic mass is 16.2. The van der Waals surface area contributed by atoms with E-state index in [9.17, 15) is 9.59 Å². The van der Waals surface area contributed by atoms with E-state index < -0.39 is 0 Å². The van der Waals surface area contributed by atoms with Crippen LogP contribution in [0.2, 0.25) is 0 Å². The number of piperidine rings is 1. The van der Waals surface area contributed by atoms with Crippen molar-refractivity contribution in [2.75, 3.05) is 25.0 Å². The van der Waals surface area contributed by atoms with E-state index >= 15 is 0 Å². The van der Waals surface area contributed by atoms with Gasteiger partial charge in [-0.25, -0.2) is 4.79 Å². The molecule has 2 amide bonds. The van der Waals surface area contributed by atoms with Crippen LogP contribution in [-0.2, 0) is 0 Å². The minimum Gasteiger partial charge on any atom is -0.336 e. The van der Waals surface area contributed by atoms with Gasteiger partial charge in [-0.2, -0.15) is 0 Å². The van der Waals surface area contributed by atoms with E-state index in [1.54, 1.807) is 24.3 Å². The third kappa shape index (κ3) is 5.85. The van der Waals surface area contributed by atoms with Crippen molar-refractivity contribution in [2.24, 2.45) is 11.8 Å². The summed E-state index contributed by atoms with van der Waals surface area (Å²) in [6.45, 7) is 11.1. The summed E-state index contributed by atoms with van der Waals surface area (Å²) in [5, 5.41) is 5.83. The Morgan fingerprint density at radius 2 is 1.76 bits per heavy atom. The number of ketones is 1. The first-order chi connectivity index (χ1) is 11.9. The fourth-order valence-electron chi connectivity index (χ4n) is 3.31. The lowest BCUT2D eigenvalue weighted by atomic mass is 9.94. The molecule has 1 atom stereocenters. The Morgan fingerprint density at radius 3 is 2.28 bits per heavy atom. The summed E-state index contributed by atoms with van der Waals surface area (Å²) >= 11 is 0. The van der Waals surface area contributed by atoms with Crippen molar-refractivity contribution in [3.63, 3.8) is 0 Å². The topological polar surface area (TPSA) is 61.4 Å². The van der Waals surface area contributed by atoms with Crippen LogP contribution in [0.1, 0.15) is 50.9 Å². The van der Waals surface area contributed by atoms with Crippen LogP contribution in [0.15, 0.2) is 24.3 Å². The van der Waals surface area contributed by atoms with Crippen molar-refractivity contribution in [2.45, 2.75) is 46.6 Å². The van der Waals surface area contributed by atoms with Crippen molar-refractivity contribution in [3.05, 3.63) is 29.8 Å². The fourth-order valence-corrected chi connectivity index (χ4v) is 3.31. The first-order valence-corrected chi connectivity index (χ1v) is 9.26. The van der Waals surface area contributed by atoms with Gasteiger partial charge in [0.1, 0.15) is 0 Å². The van der Waals surface area contributed by atoms with E-state index in [-0.39, 0.29) is 11.8 Å². The zero-order chi connectivity index (χ0) is 18.4. The summed E-state index contributed by atoms with van der Waals surface area (Å²) in [6, 6.07) is 7.11. The molecule has 1 aromatic carbocycles. The molecule has 2 rings (SSSR count). The molecular formula is C20H31N3O2. The monoisotopic (exact) mass is 345 g/mol. The van der Waals surface area contributed by atoms with Crippen LogP contribution in [-0.4, -0.2) is 42.4 Å². The summed E-state index contributed by atoms with van der Waals surface area (Å²) in [4.78, 5) is 26.0. The Hall–Kier alpha value is -1.88. The van der Waals surface area contributed by atoms with E-state index in [0.717, 1.165) is 19.0 Å². The lowest BCUT2D eigenvalue weighted by molar-refractivity contribution is 0.101. The molecule has 1 heterocycles. The van der Waals surface area contributed by atoms with Crippen LogP contribution in [0, 0.1) is 11.8 Å². The number of likely N-dealkylation sites (tertiary alicyclic amines) is 1. The van der Waals surface area contributed by atoms with E-state index in [1.807, 2.05) is 0 Å². The van der Waals surface area contributed by atoms with Gasteiger partial charge in [0.15, 0.2) is 5.78 Å². The minimum absolute atomic E-state index is 0.0200. The fraction of sp³-hybridized carbons (Fsp3) is 0.600. The molecule has 5 nitrogen and oxygen atoms in total. The summed E-state index contributed by atoms with van der Waals surface area (Å²) < 4.78 is 0. The van der Waals surface area contributed by atoms with Crippen LogP contribution in [0.25, 0.3) is 0 Å². The third-order valence-electron chi connectivity index (χ3n) is 5.08. The molecule has 0 aromatic heterocycles. The smallest absolute Gasteiger partial charge is 0.319 e. The van der Waals surface area contributed by atoms with Gasteiger partial charge >= 0.3 is 6.03 Å². The molecular weight excluding hydrogens is 314 g/mol. The maximum absolute atomic E-state index is 12.2. The van der Waals surface area contributed by atoms with Gasteiger partial charge in [0, 0.05) is 23.8 Å². The zero-order valence-corrected chi connectivity index (χ0v) is 15.8. The molecule has 0 aliphatic carbocycles. The molecule has 5 heteroatoms. The number of urea groups is 1. The molecule has 1 aliphatic heterocycles. The highest BCUT2D eigenvalue weighted by molar-refractivity contribution is 5.95. The van der Waals surface area contributed by atoms with Crippen molar-refractivity contribution in [1.82, 2.24) is 10.2 Å². The van der Waals surface area contributed by atoms with E-state index in [0.29, 0.717) is 29.8 Å². The first kappa shape index (κ1) is 19.4. The van der Waals surface area contributed by atoms with Crippen LogP contribution in [0.4, 0.5) is 10.5 Å². The summed E-state index contributed by atoms with van der Waals surface area (Å²) in [6.07, 6.45) is 2.47. The van der Waals surface area contributed by atoms with Gasteiger partial charge in [-0.05, 0) is 69.0 Å². The molecule has 138 valence electrons. The Labute approximate surface area is 151 Å². The lowest BCUT2D eigenvalue weighted by Gasteiger charge is -2.38. The molecule has 1 fully saturated rings.